The molecule has 0 spiro atoms. The number of aromatic amines is 1. The second-order valence-electron chi connectivity index (χ2n) is 5.97. The first-order valence-corrected chi connectivity index (χ1v) is 7.72. The molecule has 1 atom stereocenters. The van der Waals surface area contributed by atoms with Gasteiger partial charge < -0.3 is 10.7 Å². The van der Waals surface area contributed by atoms with Crippen LogP contribution in [0.2, 0.25) is 0 Å². The van der Waals surface area contributed by atoms with Crippen LogP contribution >= 0.6 is 0 Å². The molecule has 0 saturated carbocycles. The molecule has 3 rings (SSSR count). The number of H-pyrrole nitrogens is 1. The monoisotopic (exact) mass is 342 g/mol. The molecule has 1 heterocycles. The molecule has 1 unspecified atom stereocenters. The number of fused-ring (bicyclic) bond motifs is 1. The minimum atomic E-state index is -0.959. The molecule has 25 heavy (non-hydrogen) atoms. The molecule has 0 fully saturated rings. The van der Waals surface area contributed by atoms with Crippen LogP contribution in [0.4, 0.5) is 8.78 Å². The van der Waals surface area contributed by atoms with Crippen molar-refractivity contribution in [2.24, 2.45) is 5.73 Å². The van der Waals surface area contributed by atoms with Crippen molar-refractivity contribution in [3.63, 3.8) is 0 Å². The number of halogens is 2. The number of carbonyl (C=O) groups is 1. The van der Waals surface area contributed by atoms with E-state index in [-0.39, 0.29) is 22.1 Å². The summed E-state index contributed by atoms with van der Waals surface area (Å²) in [5, 5.41) is 0.603. The molecule has 1 aromatic heterocycles. The van der Waals surface area contributed by atoms with Gasteiger partial charge in [-0.15, -0.1) is 0 Å². The molecule has 0 aliphatic rings. The zero-order valence-electron chi connectivity index (χ0n) is 13.7. The van der Waals surface area contributed by atoms with Crippen LogP contribution < -0.4 is 11.3 Å². The average Bonchev–Trinajstić information content (AvgIpc) is 2.53. The van der Waals surface area contributed by atoms with Gasteiger partial charge in [-0.25, -0.2) is 8.78 Å². The van der Waals surface area contributed by atoms with E-state index in [1.165, 1.54) is 31.3 Å². The number of aromatic nitrogens is 1. The maximum atomic E-state index is 14.9. The van der Waals surface area contributed by atoms with E-state index < -0.39 is 29.0 Å². The molecule has 3 aromatic rings. The third-order valence-corrected chi connectivity index (χ3v) is 4.21. The van der Waals surface area contributed by atoms with Crippen molar-refractivity contribution in [2.75, 3.05) is 0 Å². The van der Waals surface area contributed by atoms with Crippen molar-refractivity contribution >= 4 is 16.6 Å². The number of hydrogen-bond acceptors (Lipinski definition) is 3. The molecule has 0 bridgehead atoms. The van der Waals surface area contributed by atoms with Crippen LogP contribution in [0.5, 0.6) is 0 Å². The number of nitrogens with one attached hydrogen (secondary N) is 1. The first-order chi connectivity index (χ1) is 11.8. The molecular weight excluding hydrogens is 326 g/mol. The largest absolute Gasteiger partial charge is 0.329 e. The summed E-state index contributed by atoms with van der Waals surface area (Å²) < 4.78 is 29.3. The van der Waals surface area contributed by atoms with Crippen LogP contribution in [-0.4, -0.2) is 10.8 Å². The van der Waals surface area contributed by atoms with Crippen LogP contribution in [0.1, 0.15) is 40.0 Å². The van der Waals surface area contributed by atoms with Crippen LogP contribution in [0.25, 0.3) is 10.8 Å². The van der Waals surface area contributed by atoms with Gasteiger partial charge in [-0.2, -0.15) is 0 Å². The summed E-state index contributed by atoms with van der Waals surface area (Å²) in [5.41, 5.74) is 5.22. The van der Waals surface area contributed by atoms with E-state index in [4.69, 9.17) is 5.73 Å². The summed E-state index contributed by atoms with van der Waals surface area (Å²) in [7, 11) is 0. The van der Waals surface area contributed by atoms with Gasteiger partial charge in [-0.05, 0) is 43.0 Å². The van der Waals surface area contributed by atoms with Gasteiger partial charge in [0.2, 0.25) is 0 Å². The first kappa shape index (κ1) is 17.0. The Balaban J connectivity index is 2.29. The summed E-state index contributed by atoms with van der Waals surface area (Å²) in [6.45, 7) is 3.10. The van der Waals surface area contributed by atoms with Gasteiger partial charge in [0, 0.05) is 28.8 Å². The second kappa shape index (κ2) is 6.22. The Morgan fingerprint density at radius 2 is 1.92 bits per heavy atom. The normalized spacial score (nSPS) is 12.4. The Kier molecular flexibility index (Phi) is 4.22. The molecule has 0 radical (unpaired) electrons. The third kappa shape index (κ3) is 2.74. The van der Waals surface area contributed by atoms with Crippen molar-refractivity contribution in [3.05, 3.63) is 80.8 Å². The average molecular weight is 342 g/mol. The first-order valence-electron chi connectivity index (χ1n) is 7.72. The van der Waals surface area contributed by atoms with E-state index in [0.717, 1.165) is 6.07 Å². The minimum Gasteiger partial charge on any atom is -0.329 e. The number of hydrogen-bond donors (Lipinski definition) is 2. The summed E-state index contributed by atoms with van der Waals surface area (Å²) >= 11 is 0. The lowest BCUT2D eigenvalue weighted by Gasteiger charge is -2.15. The Bertz CT molecular complexity index is 1060. The molecule has 0 amide bonds. The number of aryl methyl sites for hydroxylation is 1. The molecule has 0 saturated heterocycles. The highest BCUT2D eigenvalue weighted by Crippen LogP contribution is 2.28. The van der Waals surface area contributed by atoms with Crippen molar-refractivity contribution < 1.29 is 13.6 Å². The number of benzene rings is 2. The number of pyridine rings is 1. The van der Waals surface area contributed by atoms with Crippen molar-refractivity contribution in [3.8, 4) is 0 Å². The topological polar surface area (TPSA) is 76.0 Å². The van der Waals surface area contributed by atoms with E-state index in [1.807, 2.05) is 0 Å². The fraction of sp³-hybridized carbons (Fsp3) is 0.158. The number of rotatable bonds is 3. The molecule has 3 N–H and O–H groups in total. The second-order valence-corrected chi connectivity index (χ2v) is 5.97. The molecule has 128 valence electrons. The lowest BCUT2D eigenvalue weighted by atomic mass is 9.92. The minimum absolute atomic E-state index is 0.0564. The molecule has 0 aliphatic heterocycles. The van der Waals surface area contributed by atoms with E-state index in [2.05, 4.69) is 4.98 Å². The van der Waals surface area contributed by atoms with Gasteiger partial charge in [0.15, 0.2) is 5.78 Å². The van der Waals surface area contributed by atoms with Crippen LogP contribution in [0.3, 0.4) is 0 Å². The predicted molar refractivity (Wildman–Crippen MR) is 91.7 cm³/mol. The highest BCUT2D eigenvalue weighted by Gasteiger charge is 2.26. The quantitative estimate of drug-likeness (QED) is 0.717. The highest BCUT2D eigenvalue weighted by atomic mass is 19.1. The zero-order valence-corrected chi connectivity index (χ0v) is 13.7. The fourth-order valence-corrected chi connectivity index (χ4v) is 3.07. The van der Waals surface area contributed by atoms with Gasteiger partial charge in [0.05, 0.1) is 5.56 Å². The summed E-state index contributed by atoms with van der Waals surface area (Å²) in [6.07, 6.45) is 1.39. The maximum Gasteiger partial charge on any atom is 0.255 e. The van der Waals surface area contributed by atoms with Crippen LogP contribution in [-0.2, 0) is 0 Å². The maximum absolute atomic E-state index is 14.9. The molecule has 4 nitrogen and oxygen atoms in total. The molecule has 2 aromatic carbocycles. The van der Waals surface area contributed by atoms with Gasteiger partial charge in [0.1, 0.15) is 11.6 Å². The summed E-state index contributed by atoms with van der Waals surface area (Å²) in [5.74, 6) is -2.74. The standard InChI is InChI=1S/C19H16F2N2O2/c1-9-8-14(20)16(17(21)15(9)10(2)22)18(24)12-4-3-5-13-11(12)6-7-23-19(13)25/h3-8,10H,22H2,1-2H3,(H,23,25). The van der Waals surface area contributed by atoms with E-state index in [9.17, 15) is 18.4 Å². The third-order valence-electron chi connectivity index (χ3n) is 4.21. The van der Waals surface area contributed by atoms with Gasteiger partial charge in [-0.1, -0.05) is 12.1 Å². The van der Waals surface area contributed by atoms with Crippen LogP contribution in [0.15, 0.2) is 41.3 Å². The van der Waals surface area contributed by atoms with E-state index >= 15 is 0 Å². The smallest absolute Gasteiger partial charge is 0.255 e. The fourth-order valence-electron chi connectivity index (χ4n) is 3.07. The number of ketones is 1. The van der Waals surface area contributed by atoms with Crippen LogP contribution in [0, 0.1) is 18.6 Å². The van der Waals surface area contributed by atoms with E-state index in [0.29, 0.717) is 10.9 Å². The van der Waals surface area contributed by atoms with Gasteiger partial charge >= 0.3 is 0 Å². The zero-order chi connectivity index (χ0) is 18.3. The SMILES string of the molecule is Cc1cc(F)c(C(=O)c2cccc3c(=O)[nH]ccc23)c(F)c1C(C)N. The van der Waals surface area contributed by atoms with E-state index in [1.54, 1.807) is 13.0 Å². The van der Waals surface area contributed by atoms with Gasteiger partial charge in [-0.3, -0.25) is 9.59 Å². The number of nitrogens with two attached hydrogens (primary N) is 1. The summed E-state index contributed by atoms with van der Waals surface area (Å²) in [6, 6.07) is 6.42. The van der Waals surface area contributed by atoms with Crippen molar-refractivity contribution in [1.29, 1.82) is 0 Å². The predicted octanol–water partition coefficient (Wildman–Crippen LogP) is 3.37. The Hall–Kier alpha value is -2.86. The van der Waals surface area contributed by atoms with Crippen molar-refractivity contribution in [2.45, 2.75) is 19.9 Å². The number of carbonyl (C=O) groups excluding carboxylic acids is 1. The molecule has 6 heteroatoms. The molecule has 0 aliphatic carbocycles. The molecular formula is C19H16F2N2O2. The van der Waals surface area contributed by atoms with Gasteiger partial charge in [0.25, 0.3) is 5.56 Å². The lowest BCUT2D eigenvalue weighted by molar-refractivity contribution is 0.103. The summed E-state index contributed by atoms with van der Waals surface area (Å²) in [4.78, 5) is 27.2. The Labute approximate surface area is 142 Å². The van der Waals surface area contributed by atoms with Crippen molar-refractivity contribution in [1.82, 2.24) is 4.98 Å². The lowest BCUT2D eigenvalue weighted by Crippen LogP contribution is -2.16. The highest BCUT2D eigenvalue weighted by molar-refractivity contribution is 6.16. The Morgan fingerprint density at radius 3 is 2.60 bits per heavy atom. The Morgan fingerprint density at radius 1 is 1.20 bits per heavy atom.